The van der Waals surface area contributed by atoms with Crippen LogP contribution in [0.2, 0.25) is 0 Å². The van der Waals surface area contributed by atoms with Crippen molar-refractivity contribution in [2.45, 2.75) is 20.3 Å². The average molecular weight is 282 g/mol. The Balaban J connectivity index is 4.40. The molecule has 6 heteroatoms. The molecular formula is C15H8F2N4. The van der Waals surface area contributed by atoms with Gasteiger partial charge in [-0.2, -0.15) is 21.0 Å². The van der Waals surface area contributed by atoms with E-state index < -0.39 is 33.2 Å². The van der Waals surface area contributed by atoms with Gasteiger partial charge in [0, 0.05) is 10.4 Å². The molecule has 0 aliphatic rings. The Morgan fingerprint density at radius 3 is 1.62 bits per heavy atom. The molecule has 1 aromatic carbocycles. The molecule has 4 nitrogen and oxygen atoms in total. The van der Waals surface area contributed by atoms with Crippen molar-refractivity contribution in [3.63, 3.8) is 0 Å². The highest BCUT2D eigenvalue weighted by Crippen LogP contribution is 2.08. The molecule has 0 heterocycles. The lowest BCUT2D eigenvalue weighted by Gasteiger charge is -2.09. The Kier molecular flexibility index (Phi) is 4.74. The number of halogens is 2. The van der Waals surface area contributed by atoms with Crippen LogP contribution in [0.25, 0.3) is 11.1 Å². The fourth-order valence-electron chi connectivity index (χ4n) is 2.13. The molecule has 0 fully saturated rings. The molecule has 0 aliphatic heterocycles. The van der Waals surface area contributed by atoms with Gasteiger partial charge in [0.25, 0.3) is 0 Å². The molecule has 21 heavy (non-hydrogen) atoms. The molecule has 0 bridgehead atoms. The summed E-state index contributed by atoms with van der Waals surface area (Å²) < 4.78 is 28.4. The van der Waals surface area contributed by atoms with Crippen LogP contribution in [0.15, 0.2) is 0 Å². The molecule has 0 unspecified atom stereocenters. The molecular weight excluding hydrogens is 274 g/mol. The van der Waals surface area contributed by atoms with E-state index in [1.807, 2.05) is 0 Å². The Morgan fingerprint density at radius 2 is 1.24 bits per heavy atom. The number of nitriles is 4. The second-order valence-corrected chi connectivity index (χ2v) is 4.03. The van der Waals surface area contributed by atoms with Crippen LogP contribution in [0.4, 0.5) is 8.78 Å². The summed E-state index contributed by atoms with van der Waals surface area (Å²) in [5, 5.41) is 34.6. The highest BCUT2D eigenvalue weighted by Gasteiger charge is 2.19. The van der Waals surface area contributed by atoms with Crippen molar-refractivity contribution < 1.29 is 8.78 Å². The Bertz CT molecular complexity index is 868. The van der Waals surface area contributed by atoms with E-state index in [1.54, 1.807) is 6.92 Å². The third-order valence-electron chi connectivity index (χ3n) is 3.06. The summed E-state index contributed by atoms with van der Waals surface area (Å²) in [4.78, 5) is 0. The van der Waals surface area contributed by atoms with E-state index in [4.69, 9.17) is 21.0 Å². The first-order valence-electron chi connectivity index (χ1n) is 5.83. The lowest BCUT2D eigenvalue weighted by atomic mass is 9.96. The third-order valence-corrected chi connectivity index (χ3v) is 3.06. The van der Waals surface area contributed by atoms with Gasteiger partial charge in [0.1, 0.15) is 35.4 Å². The maximum absolute atomic E-state index is 14.2. The summed E-state index contributed by atoms with van der Waals surface area (Å²) in [6.45, 7) is 3.05. The zero-order valence-corrected chi connectivity index (χ0v) is 11.3. The summed E-state index contributed by atoms with van der Waals surface area (Å²) in [6, 6.07) is 6.09. The molecule has 0 aliphatic carbocycles. The van der Waals surface area contributed by atoms with E-state index in [0.717, 1.165) is 0 Å². The van der Waals surface area contributed by atoms with Crippen molar-refractivity contribution in [2.24, 2.45) is 0 Å². The fraction of sp³-hybridized carbons (Fsp3) is 0.200. The number of nitrogens with zero attached hydrogens (tertiary/aromatic N) is 4. The van der Waals surface area contributed by atoms with Crippen LogP contribution < -0.4 is 10.4 Å². The van der Waals surface area contributed by atoms with E-state index in [2.05, 4.69) is 0 Å². The van der Waals surface area contributed by atoms with Crippen molar-refractivity contribution in [3.05, 3.63) is 33.2 Å². The third kappa shape index (κ3) is 2.44. The standard InChI is InChI=1S/C15H8F2N4/c1-3-11-8(2)12(9(4-18)5-19)14(16)15(17)13(11)10(6-20)7-21/h3H2,1-2H3. The topological polar surface area (TPSA) is 95.2 Å². The van der Waals surface area contributed by atoms with Crippen molar-refractivity contribution >= 4 is 11.1 Å². The van der Waals surface area contributed by atoms with E-state index >= 15 is 0 Å². The van der Waals surface area contributed by atoms with E-state index in [0.29, 0.717) is 0 Å². The second-order valence-electron chi connectivity index (χ2n) is 4.03. The van der Waals surface area contributed by atoms with Crippen LogP contribution >= 0.6 is 0 Å². The van der Waals surface area contributed by atoms with Gasteiger partial charge in [0.15, 0.2) is 11.6 Å². The Morgan fingerprint density at radius 1 is 0.857 bits per heavy atom. The molecule has 0 aromatic heterocycles. The smallest absolute Gasteiger partial charge is 0.169 e. The van der Waals surface area contributed by atoms with Crippen molar-refractivity contribution in [1.82, 2.24) is 0 Å². The zero-order valence-electron chi connectivity index (χ0n) is 11.3. The number of hydrogen-bond donors (Lipinski definition) is 0. The monoisotopic (exact) mass is 282 g/mol. The number of hydrogen-bond acceptors (Lipinski definition) is 4. The van der Waals surface area contributed by atoms with E-state index in [-0.39, 0.29) is 17.5 Å². The molecule has 0 radical (unpaired) electrons. The van der Waals surface area contributed by atoms with Crippen LogP contribution in [-0.4, -0.2) is 0 Å². The maximum Gasteiger partial charge on any atom is 0.169 e. The quantitative estimate of drug-likeness (QED) is 0.774. The average Bonchev–Trinajstić information content (AvgIpc) is 2.49. The lowest BCUT2D eigenvalue weighted by Crippen LogP contribution is -2.30. The highest BCUT2D eigenvalue weighted by atomic mass is 19.2. The largest absolute Gasteiger partial charge is 0.203 e. The van der Waals surface area contributed by atoms with E-state index in [1.165, 1.54) is 31.2 Å². The number of benzene rings is 1. The minimum absolute atomic E-state index is 0.174. The van der Waals surface area contributed by atoms with Gasteiger partial charge in [-0.15, -0.1) is 0 Å². The maximum atomic E-state index is 14.2. The molecule has 1 aromatic rings. The van der Waals surface area contributed by atoms with Crippen molar-refractivity contribution in [1.29, 1.82) is 21.0 Å². The molecule has 0 N–H and O–H groups in total. The minimum atomic E-state index is -1.40. The first-order valence-corrected chi connectivity index (χ1v) is 5.83. The second kappa shape index (κ2) is 6.29. The van der Waals surface area contributed by atoms with Gasteiger partial charge in [-0.1, -0.05) is 6.92 Å². The first kappa shape index (κ1) is 15.8. The van der Waals surface area contributed by atoms with Gasteiger partial charge in [-0.3, -0.25) is 0 Å². The van der Waals surface area contributed by atoms with Crippen LogP contribution in [0.1, 0.15) is 18.1 Å². The molecule has 0 spiro atoms. The minimum Gasteiger partial charge on any atom is -0.203 e. The summed E-state index contributed by atoms with van der Waals surface area (Å²) in [6.07, 6.45) is 0.211. The highest BCUT2D eigenvalue weighted by molar-refractivity contribution is 5.76. The van der Waals surface area contributed by atoms with E-state index in [9.17, 15) is 8.78 Å². The lowest BCUT2D eigenvalue weighted by molar-refractivity contribution is 0.493. The van der Waals surface area contributed by atoms with Gasteiger partial charge >= 0.3 is 0 Å². The predicted molar refractivity (Wildman–Crippen MR) is 69.0 cm³/mol. The molecule has 0 saturated carbocycles. The number of rotatable bonds is 1. The summed E-state index contributed by atoms with van der Waals surface area (Å²) >= 11 is 0. The van der Waals surface area contributed by atoms with Crippen molar-refractivity contribution in [3.8, 4) is 24.3 Å². The van der Waals surface area contributed by atoms with Gasteiger partial charge in [-0.25, -0.2) is 8.78 Å². The van der Waals surface area contributed by atoms with Crippen LogP contribution in [0.3, 0.4) is 0 Å². The van der Waals surface area contributed by atoms with Gasteiger partial charge in [-0.05, 0) is 24.5 Å². The SMILES string of the molecule is CCc1c(C)c(=C(C#N)C#N)c(F)c(F)c1=C(C#N)C#N. The Hall–Kier alpha value is -3.22. The van der Waals surface area contributed by atoms with Gasteiger partial charge in [0.05, 0.1) is 0 Å². The fourth-order valence-corrected chi connectivity index (χ4v) is 2.13. The normalized spacial score (nSPS) is 8.95. The van der Waals surface area contributed by atoms with Gasteiger partial charge < -0.3 is 0 Å². The summed E-state index contributed by atoms with van der Waals surface area (Å²) in [5.41, 5.74) is -0.702. The van der Waals surface area contributed by atoms with Crippen molar-refractivity contribution in [2.75, 3.05) is 0 Å². The van der Waals surface area contributed by atoms with Crippen LogP contribution in [0, 0.1) is 63.9 Å². The Labute approximate surface area is 119 Å². The molecule has 0 atom stereocenters. The summed E-state index contributed by atoms with van der Waals surface area (Å²) in [5.74, 6) is -2.80. The molecule has 102 valence electrons. The molecule has 0 amide bonds. The van der Waals surface area contributed by atoms with Crippen LogP contribution in [0.5, 0.6) is 0 Å². The molecule has 0 saturated heterocycles. The zero-order chi connectivity index (χ0) is 16.2. The molecule has 1 rings (SSSR count). The first-order chi connectivity index (χ1) is 9.98. The summed E-state index contributed by atoms with van der Waals surface area (Å²) in [7, 11) is 0. The predicted octanol–water partition coefficient (Wildman–Crippen LogP) is 1.23. The van der Waals surface area contributed by atoms with Crippen LogP contribution in [-0.2, 0) is 6.42 Å². The van der Waals surface area contributed by atoms with Gasteiger partial charge in [0.2, 0.25) is 0 Å².